The van der Waals surface area contributed by atoms with Gasteiger partial charge in [0.05, 0.1) is 4.90 Å². The van der Waals surface area contributed by atoms with Crippen molar-refractivity contribution < 1.29 is 8.42 Å². The minimum Gasteiger partial charge on any atom is -0.383 e. The lowest BCUT2D eigenvalue weighted by Gasteiger charge is -2.05. The number of nitrogens with two attached hydrogens (primary N) is 2. The van der Waals surface area contributed by atoms with Gasteiger partial charge in [-0.1, -0.05) is 0 Å². The molecule has 6 N–H and O–H groups in total. The van der Waals surface area contributed by atoms with Crippen LogP contribution < -0.4 is 16.4 Å². The van der Waals surface area contributed by atoms with E-state index in [1.54, 1.807) is 0 Å². The highest BCUT2D eigenvalue weighted by molar-refractivity contribution is 9.11. The molecule has 0 spiro atoms. The van der Waals surface area contributed by atoms with Gasteiger partial charge in [-0.3, -0.25) is 9.78 Å². The highest BCUT2D eigenvalue weighted by Gasteiger charge is 2.14. The molecule has 23 heavy (non-hydrogen) atoms. The zero-order valence-corrected chi connectivity index (χ0v) is 15.8. The van der Waals surface area contributed by atoms with E-state index in [1.165, 1.54) is 12.1 Å². The van der Waals surface area contributed by atoms with E-state index in [-0.39, 0.29) is 26.9 Å². The number of rotatable bonds is 3. The molecule has 0 bridgehead atoms. The number of aromatic amines is 2. The van der Waals surface area contributed by atoms with E-state index in [0.29, 0.717) is 8.95 Å². The monoisotopic (exact) mass is 482 g/mol. The fourth-order valence-electron chi connectivity index (χ4n) is 1.50. The zero-order chi connectivity index (χ0) is 17.4. The standard InChI is InChI=1S/C10H8Br2N6O3S2/c11-4-1-3(23(14,20)21)2-5(12)6(4)17-18-7-8(13)15-10(22)16-9(7)19/h1-2H,(H2,14,20,21)(H4,13,15,16,19,22). The van der Waals surface area contributed by atoms with Gasteiger partial charge in [-0.2, -0.15) is 0 Å². The van der Waals surface area contributed by atoms with Crippen LogP contribution in [0.25, 0.3) is 0 Å². The van der Waals surface area contributed by atoms with Crippen LogP contribution in [0.1, 0.15) is 0 Å². The molecular weight excluding hydrogens is 476 g/mol. The van der Waals surface area contributed by atoms with Gasteiger partial charge in [0, 0.05) is 8.95 Å². The lowest BCUT2D eigenvalue weighted by molar-refractivity contribution is 0.597. The minimum absolute atomic E-state index is 0.0455. The van der Waals surface area contributed by atoms with Crippen LogP contribution >= 0.6 is 44.1 Å². The Balaban J connectivity index is 2.54. The van der Waals surface area contributed by atoms with Crippen molar-refractivity contribution in [3.05, 3.63) is 36.2 Å². The van der Waals surface area contributed by atoms with E-state index in [2.05, 4.69) is 52.1 Å². The minimum atomic E-state index is -3.87. The van der Waals surface area contributed by atoms with Gasteiger partial charge in [-0.05, 0) is 56.2 Å². The van der Waals surface area contributed by atoms with Crippen molar-refractivity contribution in [3.63, 3.8) is 0 Å². The van der Waals surface area contributed by atoms with Crippen LogP contribution in [0, 0.1) is 4.77 Å². The Hall–Kier alpha value is -1.41. The Bertz CT molecular complexity index is 1000. The number of nitrogen functional groups attached to an aromatic ring is 1. The van der Waals surface area contributed by atoms with Crippen LogP contribution in [-0.2, 0) is 10.0 Å². The van der Waals surface area contributed by atoms with Gasteiger partial charge in [0.25, 0.3) is 5.56 Å². The first-order valence-electron chi connectivity index (χ1n) is 5.65. The predicted octanol–water partition coefficient (Wildman–Crippen LogP) is 2.60. The Morgan fingerprint density at radius 1 is 1.09 bits per heavy atom. The third-order valence-electron chi connectivity index (χ3n) is 2.51. The van der Waals surface area contributed by atoms with Crippen LogP contribution in [0.5, 0.6) is 0 Å². The van der Waals surface area contributed by atoms with Crippen molar-refractivity contribution in [1.29, 1.82) is 0 Å². The molecule has 1 heterocycles. The van der Waals surface area contributed by atoms with Crippen molar-refractivity contribution in [1.82, 2.24) is 9.97 Å². The normalized spacial score (nSPS) is 12.0. The molecule has 0 saturated carbocycles. The maximum Gasteiger partial charge on any atom is 0.281 e. The summed E-state index contributed by atoms with van der Waals surface area (Å²) in [6.45, 7) is 0. The van der Waals surface area contributed by atoms with E-state index in [4.69, 9.17) is 23.1 Å². The first-order chi connectivity index (χ1) is 10.6. The molecule has 0 amide bonds. The summed E-state index contributed by atoms with van der Waals surface area (Å²) in [6.07, 6.45) is 0. The van der Waals surface area contributed by atoms with Crippen molar-refractivity contribution in [3.8, 4) is 0 Å². The van der Waals surface area contributed by atoms with Gasteiger partial charge < -0.3 is 10.7 Å². The third-order valence-corrected chi connectivity index (χ3v) is 4.82. The zero-order valence-electron chi connectivity index (χ0n) is 11.0. The topological polar surface area (TPSA) is 160 Å². The molecule has 0 fully saturated rings. The Morgan fingerprint density at radius 3 is 2.09 bits per heavy atom. The molecule has 0 aliphatic rings. The van der Waals surface area contributed by atoms with E-state index >= 15 is 0 Å². The molecule has 1 aromatic heterocycles. The van der Waals surface area contributed by atoms with Crippen molar-refractivity contribution >= 4 is 71.3 Å². The van der Waals surface area contributed by atoms with Crippen LogP contribution in [0.2, 0.25) is 0 Å². The Morgan fingerprint density at radius 2 is 1.61 bits per heavy atom. The maximum atomic E-state index is 11.7. The molecule has 0 saturated heterocycles. The highest BCUT2D eigenvalue weighted by Crippen LogP contribution is 2.37. The number of nitrogens with one attached hydrogen (secondary N) is 2. The average molecular weight is 484 g/mol. The summed E-state index contributed by atoms with van der Waals surface area (Å²) >= 11 is 11.1. The molecule has 13 heteroatoms. The maximum absolute atomic E-state index is 11.7. The van der Waals surface area contributed by atoms with Gasteiger partial charge >= 0.3 is 0 Å². The number of sulfonamides is 1. The van der Waals surface area contributed by atoms with Crippen LogP contribution in [0.4, 0.5) is 17.2 Å². The van der Waals surface area contributed by atoms with E-state index < -0.39 is 15.6 Å². The highest BCUT2D eigenvalue weighted by atomic mass is 79.9. The summed E-state index contributed by atoms with van der Waals surface area (Å²) in [5, 5.41) is 12.7. The number of azo groups is 1. The Labute approximate surface area is 151 Å². The third kappa shape index (κ3) is 4.11. The van der Waals surface area contributed by atoms with Crippen LogP contribution in [0.15, 0.2) is 41.0 Å². The first-order valence-corrected chi connectivity index (χ1v) is 9.19. The summed E-state index contributed by atoms with van der Waals surface area (Å²) in [6, 6.07) is 2.53. The number of halogens is 2. The summed E-state index contributed by atoms with van der Waals surface area (Å²) < 4.78 is 23.4. The van der Waals surface area contributed by atoms with Crippen LogP contribution in [0.3, 0.4) is 0 Å². The summed E-state index contributed by atoms with van der Waals surface area (Å²) in [4.78, 5) is 16.5. The number of hydrogen-bond donors (Lipinski definition) is 4. The molecule has 2 aromatic rings. The van der Waals surface area contributed by atoms with E-state index in [0.717, 1.165) is 0 Å². The smallest absolute Gasteiger partial charge is 0.281 e. The molecule has 9 nitrogen and oxygen atoms in total. The molecule has 1 aromatic carbocycles. The second kappa shape index (κ2) is 6.60. The fourth-order valence-corrected chi connectivity index (χ4v) is 3.91. The quantitative estimate of drug-likeness (QED) is 0.389. The Kier molecular flexibility index (Phi) is 5.15. The van der Waals surface area contributed by atoms with Crippen molar-refractivity contribution in [2.45, 2.75) is 4.90 Å². The van der Waals surface area contributed by atoms with Crippen molar-refractivity contribution in [2.75, 3.05) is 5.73 Å². The summed E-state index contributed by atoms with van der Waals surface area (Å²) in [5.41, 5.74) is 5.11. The van der Waals surface area contributed by atoms with Gasteiger partial charge in [0.15, 0.2) is 10.5 Å². The largest absolute Gasteiger partial charge is 0.383 e. The molecule has 122 valence electrons. The number of H-pyrrole nitrogens is 2. The molecule has 0 aliphatic heterocycles. The van der Waals surface area contributed by atoms with Crippen molar-refractivity contribution in [2.24, 2.45) is 15.4 Å². The number of nitrogens with zero attached hydrogens (tertiary/aromatic N) is 2. The van der Waals surface area contributed by atoms with Crippen LogP contribution in [-0.4, -0.2) is 18.4 Å². The summed E-state index contributed by atoms with van der Waals surface area (Å²) in [7, 11) is -3.87. The van der Waals surface area contributed by atoms with Gasteiger partial charge in [-0.15, -0.1) is 10.2 Å². The number of aromatic nitrogens is 2. The van der Waals surface area contributed by atoms with Gasteiger partial charge in [0.1, 0.15) is 11.5 Å². The van der Waals surface area contributed by atoms with E-state index in [9.17, 15) is 13.2 Å². The second-order valence-electron chi connectivity index (χ2n) is 4.15. The lowest BCUT2D eigenvalue weighted by Crippen LogP contribution is -2.12. The predicted molar refractivity (Wildman–Crippen MR) is 94.1 cm³/mol. The number of anilines is 1. The first kappa shape index (κ1) is 17.9. The fraction of sp³-hybridized carbons (Fsp3) is 0. The SMILES string of the molecule is Nc1[nH]c(=S)[nH]c(=O)c1N=Nc1c(Br)cc(S(N)(=O)=O)cc1Br. The number of primary sulfonamides is 1. The summed E-state index contributed by atoms with van der Waals surface area (Å²) in [5.74, 6) is -0.0455. The molecule has 0 unspecified atom stereocenters. The molecule has 0 atom stereocenters. The molecule has 0 radical (unpaired) electrons. The number of hydrogen-bond acceptors (Lipinski definition) is 7. The lowest BCUT2D eigenvalue weighted by atomic mass is 10.3. The van der Waals surface area contributed by atoms with Gasteiger partial charge in [-0.25, -0.2) is 13.6 Å². The van der Waals surface area contributed by atoms with E-state index in [1.807, 2.05) is 0 Å². The number of benzene rings is 1. The molecular formula is C10H8Br2N6O3S2. The average Bonchev–Trinajstić information content (AvgIpc) is 2.38. The van der Waals surface area contributed by atoms with Gasteiger partial charge in [0.2, 0.25) is 10.0 Å². The molecule has 0 aliphatic carbocycles. The second-order valence-corrected chi connectivity index (χ2v) is 7.83. The molecule has 2 rings (SSSR count).